The minimum absolute atomic E-state index is 0.879. The van der Waals surface area contributed by atoms with Gasteiger partial charge < -0.3 is 0 Å². The van der Waals surface area contributed by atoms with Crippen molar-refractivity contribution in [3.63, 3.8) is 0 Å². The maximum atomic E-state index is 5.19. The fourth-order valence-corrected chi connectivity index (χ4v) is 1.56. The Morgan fingerprint density at radius 1 is 1.60 bits per heavy atom. The van der Waals surface area contributed by atoms with Crippen molar-refractivity contribution in [1.82, 2.24) is 5.43 Å². The van der Waals surface area contributed by atoms with Gasteiger partial charge in [0.25, 0.3) is 0 Å². The summed E-state index contributed by atoms with van der Waals surface area (Å²) in [7, 11) is 0. The Bertz CT molecular complexity index is 89.3. The monoisotopic (exact) mass is 142 g/mol. The van der Waals surface area contributed by atoms with E-state index in [-0.39, 0.29) is 0 Å². The lowest BCUT2D eigenvalue weighted by Gasteiger charge is -2.31. The van der Waals surface area contributed by atoms with Crippen molar-refractivity contribution >= 4 is 0 Å². The molecular formula is C8H18N2. The Morgan fingerprint density at radius 3 is 2.70 bits per heavy atom. The predicted molar refractivity (Wildman–Crippen MR) is 43.3 cm³/mol. The van der Waals surface area contributed by atoms with Crippen LogP contribution in [0, 0.1) is 11.8 Å². The van der Waals surface area contributed by atoms with E-state index in [1.165, 1.54) is 25.7 Å². The summed E-state index contributed by atoms with van der Waals surface area (Å²) in [5.41, 5.74) is 2.70. The zero-order valence-corrected chi connectivity index (χ0v) is 6.77. The SMILES string of the molecule is CC(CCNN)C1CCC1. The van der Waals surface area contributed by atoms with Gasteiger partial charge in [-0.25, -0.2) is 0 Å². The van der Waals surface area contributed by atoms with Crippen LogP contribution in [0.3, 0.4) is 0 Å². The molecule has 2 heteroatoms. The first kappa shape index (κ1) is 8.02. The van der Waals surface area contributed by atoms with Crippen molar-refractivity contribution in [3.05, 3.63) is 0 Å². The second-order valence-corrected chi connectivity index (χ2v) is 3.41. The molecule has 1 aliphatic rings. The van der Waals surface area contributed by atoms with Gasteiger partial charge in [0.05, 0.1) is 0 Å². The van der Waals surface area contributed by atoms with E-state index < -0.39 is 0 Å². The number of rotatable bonds is 4. The molecule has 10 heavy (non-hydrogen) atoms. The highest BCUT2D eigenvalue weighted by molar-refractivity contribution is 4.74. The summed E-state index contributed by atoms with van der Waals surface area (Å²) in [6, 6.07) is 0. The van der Waals surface area contributed by atoms with E-state index in [0.29, 0.717) is 0 Å². The summed E-state index contributed by atoms with van der Waals surface area (Å²) in [5, 5.41) is 0. The number of hydrogen-bond acceptors (Lipinski definition) is 2. The third-order valence-electron chi connectivity index (χ3n) is 2.70. The molecule has 0 aliphatic heterocycles. The molecule has 1 unspecified atom stereocenters. The molecule has 0 aromatic heterocycles. The fraction of sp³-hybridized carbons (Fsp3) is 1.00. The van der Waals surface area contributed by atoms with E-state index in [1.54, 1.807) is 0 Å². The number of nitrogens with one attached hydrogen (secondary N) is 1. The smallest absolute Gasteiger partial charge is 0.01000 e. The van der Waals surface area contributed by atoms with Crippen molar-refractivity contribution in [2.24, 2.45) is 17.7 Å². The Hall–Kier alpha value is -0.0800. The fourth-order valence-electron chi connectivity index (χ4n) is 1.56. The molecule has 1 rings (SSSR count). The molecule has 0 amide bonds. The largest absolute Gasteiger partial charge is 0.271 e. The van der Waals surface area contributed by atoms with Gasteiger partial charge in [0, 0.05) is 6.54 Å². The molecule has 1 atom stereocenters. The van der Waals surface area contributed by atoms with Gasteiger partial charge in [0.1, 0.15) is 0 Å². The average Bonchev–Trinajstić information content (AvgIpc) is 1.79. The van der Waals surface area contributed by atoms with Gasteiger partial charge in [0.2, 0.25) is 0 Å². The van der Waals surface area contributed by atoms with Gasteiger partial charge >= 0.3 is 0 Å². The van der Waals surface area contributed by atoms with Crippen molar-refractivity contribution in [1.29, 1.82) is 0 Å². The molecule has 0 aromatic rings. The molecule has 60 valence electrons. The molecule has 0 spiro atoms. The van der Waals surface area contributed by atoms with E-state index in [9.17, 15) is 0 Å². The molecule has 1 saturated carbocycles. The quantitative estimate of drug-likeness (QED) is 0.458. The van der Waals surface area contributed by atoms with Crippen molar-refractivity contribution in [2.75, 3.05) is 6.54 Å². The lowest BCUT2D eigenvalue weighted by molar-refractivity contribution is 0.210. The van der Waals surface area contributed by atoms with E-state index in [1.807, 2.05) is 0 Å². The molecule has 1 aliphatic carbocycles. The van der Waals surface area contributed by atoms with Crippen LogP contribution in [0.1, 0.15) is 32.6 Å². The molecule has 0 aromatic carbocycles. The van der Waals surface area contributed by atoms with Gasteiger partial charge in [-0.15, -0.1) is 0 Å². The van der Waals surface area contributed by atoms with Crippen LogP contribution in [-0.2, 0) is 0 Å². The molecule has 2 nitrogen and oxygen atoms in total. The molecular weight excluding hydrogens is 124 g/mol. The molecule has 1 fully saturated rings. The third kappa shape index (κ3) is 1.96. The zero-order chi connectivity index (χ0) is 7.40. The lowest BCUT2D eigenvalue weighted by Crippen LogP contribution is -2.28. The summed E-state index contributed by atoms with van der Waals surface area (Å²) >= 11 is 0. The minimum atomic E-state index is 0.879. The van der Waals surface area contributed by atoms with Gasteiger partial charge in [-0.05, 0) is 18.3 Å². The number of hydrogen-bond donors (Lipinski definition) is 2. The first-order chi connectivity index (χ1) is 4.84. The molecule has 0 radical (unpaired) electrons. The van der Waals surface area contributed by atoms with Crippen LogP contribution in [0.15, 0.2) is 0 Å². The highest BCUT2D eigenvalue weighted by Gasteiger charge is 2.22. The van der Waals surface area contributed by atoms with E-state index in [4.69, 9.17) is 5.84 Å². The summed E-state index contributed by atoms with van der Waals surface area (Å²) in [6.45, 7) is 3.30. The summed E-state index contributed by atoms with van der Waals surface area (Å²) < 4.78 is 0. The van der Waals surface area contributed by atoms with Crippen molar-refractivity contribution in [3.8, 4) is 0 Å². The Labute approximate surface area is 63.1 Å². The maximum absolute atomic E-state index is 5.19. The Morgan fingerprint density at radius 2 is 2.30 bits per heavy atom. The molecule has 0 bridgehead atoms. The van der Waals surface area contributed by atoms with Crippen LogP contribution in [0.4, 0.5) is 0 Å². The second kappa shape index (κ2) is 3.94. The minimum Gasteiger partial charge on any atom is -0.271 e. The number of nitrogens with two attached hydrogens (primary N) is 1. The predicted octanol–water partition coefficient (Wildman–Crippen LogP) is 1.28. The molecule has 0 saturated heterocycles. The van der Waals surface area contributed by atoms with Crippen LogP contribution in [0.25, 0.3) is 0 Å². The Balaban J connectivity index is 2.02. The molecule has 3 N–H and O–H groups in total. The standard InChI is InChI=1S/C8H18N2/c1-7(5-6-10-9)8-3-2-4-8/h7-8,10H,2-6,9H2,1H3. The normalized spacial score (nSPS) is 22.2. The second-order valence-electron chi connectivity index (χ2n) is 3.41. The first-order valence-electron chi connectivity index (χ1n) is 4.28. The van der Waals surface area contributed by atoms with Crippen molar-refractivity contribution in [2.45, 2.75) is 32.6 Å². The summed E-state index contributed by atoms with van der Waals surface area (Å²) in [6.07, 6.45) is 5.59. The Kier molecular flexibility index (Phi) is 3.16. The lowest BCUT2D eigenvalue weighted by atomic mass is 9.75. The summed E-state index contributed by atoms with van der Waals surface area (Å²) in [5.74, 6) is 7.07. The first-order valence-corrected chi connectivity index (χ1v) is 4.28. The van der Waals surface area contributed by atoms with Crippen LogP contribution < -0.4 is 11.3 Å². The van der Waals surface area contributed by atoms with Crippen molar-refractivity contribution < 1.29 is 0 Å². The van der Waals surface area contributed by atoms with E-state index in [2.05, 4.69) is 12.3 Å². The highest BCUT2D eigenvalue weighted by atomic mass is 15.2. The zero-order valence-electron chi connectivity index (χ0n) is 6.77. The van der Waals surface area contributed by atoms with Crippen LogP contribution in [-0.4, -0.2) is 6.54 Å². The third-order valence-corrected chi connectivity index (χ3v) is 2.70. The molecule has 0 heterocycles. The number of hydrazine groups is 1. The van der Waals surface area contributed by atoms with Crippen LogP contribution in [0.2, 0.25) is 0 Å². The van der Waals surface area contributed by atoms with E-state index in [0.717, 1.165) is 18.4 Å². The average molecular weight is 142 g/mol. The van der Waals surface area contributed by atoms with E-state index >= 15 is 0 Å². The maximum Gasteiger partial charge on any atom is 0.01000 e. The van der Waals surface area contributed by atoms with Gasteiger partial charge in [-0.1, -0.05) is 26.2 Å². The highest BCUT2D eigenvalue weighted by Crippen LogP contribution is 2.34. The van der Waals surface area contributed by atoms with Gasteiger partial charge in [0.15, 0.2) is 0 Å². The topological polar surface area (TPSA) is 38.0 Å². The van der Waals surface area contributed by atoms with Gasteiger partial charge in [-0.3, -0.25) is 11.3 Å². The summed E-state index contributed by atoms with van der Waals surface area (Å²) in [4.78, 5) is 0. The van der Waals surface area contributed by atoms with Crippen LogP contribution in [0.5, 0.6) is 0 Å². The van der Waals surface area contributed by atoms with Crippen LogP contribution >= 0.6 is 0 Å². The van der Waals surface area contributed by atoms with Gasteiger partial charge in [-0.2, -0.15) is 0 Å².